The van der Waals surface area contributed by atoms with Gasteiger partial charge in [-0.25, -0.2) is 0 Å². The number of benzene rings is 2. The molecule has 156 valence electrons. The lowest BCUT2D eigenvalue weighted by Crippen LogP contribution is -2.28. The lowest BCUT2D eigenvalue weighted by molar-refractivity contribution is -0.122. The molecule has 2 aromatic carbocycles. The number of nitrogens with one attached hydrogen (secondary N) is 1. The number of rotatable bonds is 4. The molecule has 0 aromatic heterocycles. The number of halogens is 1. The summed E-state index contributed by atoms with van der Waals surface area (Å²) in [5.41, 5.74) is 3.15. The van der Waals surface area contributed by atoms with Gasteiger partial charge in [0.15, 0.2) is 0 Å². The van der Waals surface area contributed by atoms with Gasteiger partial charge in [0, 0.05) is 42.8 Å². The van der Waals surface area contributed by atoms with Gasteiger partial charge in [-0.3, -0.25) is 14.4 Å². The number of hydrogen-bond donors (Lipinski definition) is 1. The van der Waals surface area contributed by atoms with Crippen LogP contribution in [0, 0.1) is 5.92 Å². The fourth-order valence-electron chi connectivity index (χ4n) is 4.03. The second-order valence-corrected chi connectivity index (χ2v) is 7.91. The average molecular weight is 428 g/mol. The standard InChI is InChI=1S/C22H22ClN3O4/c1-13(27)25-8-7-14-9-17(4-5-19(14)25)26-12-15(10-21(26)28)22(29)24-18-11-16(23)3-6-20(18)30-2/h3-6,9,11,15H,7-8,10,12H2,1-2H3,(H,24,29)/t15-/m1/s1. The number of hydrogen-bond acceptors (Lipinski definition) is 4. The summed E-state index contributed by atoms with van der Waals surface area (Å²) in [6.45, 7) is 2.49. The van der Waals surface area contributed by atoms with Gasteiger partial charge in [0.1, 0.15) is 5.75 Å². The fraction of sp³-hybridized carbons (Fsp3) is 0.318. The second-order valence-electron chi connectivity index (χ2n) is 7.47. The van der Waals surface area contributed by atoms with Crippen LogP contribution in [-0.4, -0.2) is 37.9 Å². The Hall–Kier alpha value is -3.06. The van der Waals surface area contributed by atoms with Gasteiger partial charge in [-0.05, 0) is 48.4 Å². The third kappa shape index (κ3) is 3.73. The molecule has 4 rings (SSSR count). The maximum absolute atomic E-state index is 12.8. The van der Waals surface area contributed by atoms with E-state index >= 15 is 0 Å². The lowest BCUT2D eigenvalue weighted by Gasteiger charge is -2.19. The van der Waals surface area contributed by atoms with Crippen LogP contribution in [0.3, 0.4) is 0 Å². The summed E-state index contributed by atoms with van der Waals surface area (Å²) < 4.78 is 5.26. The van der Waals surface area contributed by atoms with Crippen LogP contribution in [0.25, 0.3) is 0 Å². The molecule has 7 nitrogen and oxygen atoms in total. The predicted molar refractivity (Wildman–Crippen MR) is 115 cm³/mol. The zero-order chi connectivity index (χ0) is 21.4. The molecule has 8 heteroatoms. The van der Waals surface area contributed by atoms with E-state index in [1.165, 1.54) is 7.11 Å². The number of nitrogens with zero attached hydrogens (tertiary/aromatic N) is 2. The van der Waals surface area contributed by atoms with E-state index in [9.17, 15) is 14.4 Å². The molecule has 0 saturated carbocycles. The molecule has 0 bridgehead atoms. The summed E-state index contributed by atoms with van der Waals surface area (Å²) in [6.07, 6.45) is 0.884. The lowest BCUT2D eigenvalue weighted by atomic mass is 10.1. The Morgan fingerprint density at radius 2 is 2.00 bits per heavy atom. The van der Waals surface area contributed by atoms with Gasteiger partial charge in [-0.2, -0.15) is 0 Å². The summed E-state index contributed by atoms with van der Waals surface area (Å²) in [5.74, 6) is -0.331. The van der Waals surface area contributed by atoms with E-state index in [-0.39, 0.29) is 24.1 Å². The van der Waals surface area contributed by atoms with E-state index in [1.54, 1.807) is 34.9 Å². The van der Waals surface area contributed by atoms with Crippen LogP contribution in [0.2, 0.25) is 5.02 Å². The zero-order valence-electron chi connectivity index (χ0n) is 16.8. The monoisotopic (exact) mass is 427 g/mol. The predicted octanol–water partition coefficient (Wildman–Crippen LogP) is 3.25. The first-order valence-electron chi connectivity index (χ1n) is 9.73. The second kappa shape index (κ2) is 7.99. The smallest absolute Gasteiger partial charge is 0.229 e. The molecule has 0 aliphatic carbocycles. The number of carbonyl (C=O) groups is 3. The third-order valence-electron chi connectivity index (χ3n) is 5.57. The molecule has 3 amide bonds. The zero-order valence-corrected chi connectivity index (χ0v) is 17.5. The molecular formula is C22H22ClN3O4. The Morgan fingerprint density at radius 1 is 1.20 bits per heavy atom. The van der Waals surface area contributed by atoms with Crippen molar-refractivity contribution in [3.05, 3.63) is 47.0 Å². The Bertz CT molecular complexity index is 1040. The Kier molecular flexibility index (Phi) is 5.39. The number of anilines is 3. The van der Waals surface area contributed by atoms with Crippen LogP contribution in [-0.2, 0) is 20.8 Å². The van der Waals surface area contributed by atoms with Gasteiger partial charge >= 0.3 is 0 Å². The Morgan fingerprint density at radius 3 is 2.73 bits per heavy atom. The molecule has 2 aliphatic heterocycles. The van der Waals surface area contributed by atoms with Gasteiger partial charge < -0.3 is 19.9 Å². The molecule has 1 N–H and O–H groups in total. The van der Waals surface area contributed by atoms with Gasteiger partial charge in [0.2, 0.25) is 17.7 Å². The number of fused-ring (bicyclic) bond motifs is 1. The maximum Gasteiger partial charge on any atom is 0.229 e. The van der Waals surface area contributed by atoms with E-state index < -0.39 is 5.92 Å². The van der Waals surface area contributed by atoms with Crippen LogP contribution in [0.1, 0.15) is 18.9 Å². The van der Waals surface area contributed by atoms with Crippen molar-refractivity contribution in [3.8, 4) is 5.75 Å². The molecule has 1 atom stereocenters. The highest BCUT2D eigenvalue weighted by Crippen LogP contribution is 2.35. The summed E-state index contributed by atoms with van der Waals surface area (Å²) in [4.78, 5) is 40.5. The van der Waals surface area contributed by atoms with E-state index in [2.05, 4.69) is 5.32 Å². The van der Waals surface area contributed by atoms with Gasteiger partial charge in [-0.15, -0.1) is 0 Å². The Labute approximate surface area is 179 Å². The van der Waals surface area contributed by atoms with Crippen molar-refractivity contribution in [1.82, 2.24) is 0 Å². The van der Waals surface area contributed by atoms with Crippen molar-refractivity contribution in [2.75, 3.05) is 35.3 Å². The highest BCUT2D eigenvalue weighted by molar-refractivity contribution is 6.31. The molecule has 1 saturated heterocycles. The molecule has 30 heavy (non-hydrogen) atoms. The molecule has 0 unspecified atom stereocenters. The highest BCUT2D eigenvalue weighted by atomic mass is 35.5. The first-order valence-corrected chi connectivity index (χ1v) is 10.1. The number of methoxy groups -OCH3 is 1. The quantitative estimate of drug-likeness (QED) is 0.812. The van der Waals surface area contributed by atoms with Gasteiger partial charge in [0.05, 0.1) is 18.7 Å². The number of carbonyl (C=O) groups excluding carboxylic acids is 3. The largest absolute Gasteiger partial charge is 0.495 e. The minimum atomic E-state index is -0.483. The van der Waals surface area contributed by atoms with Crippen LogP contribution in [0.5, 0.6) is 5.75 Å². The SMILES string of the molecule is COc1ccc(Cl)cc1NC(=O)[C@@H]1CC(=O)N(c2ccc3c(c2)CCN3C(C)=O)C1. The third-order valence-corrected chi connectivity index (χ3v) is 5.80. The van der Waals surface area contributed by atoms with Crippen molar-refractivity contribution in [3.63, 3.8) is 0 Å². The van der Waals surface area contributed by atoms with E-state index in [0.29, 0.717) is 29.5 Å². The average Bonchev–Trinajstić information content (AvgIpc) is 3.31. The van der Waals surface area contributed by atoms with Crippen molar-refractivity contribution in [1.29, 1.82) is 0 Å². The summed E-state index contributed by atoms with van der Waals surface area (Å²) in [6, 6.07) is 10.6. The van der Waals surface area contributed by atoms with Crippen LogP contribution in [0.4, 0.5) is 17.1 Å². The minimum Gasteiger partial charge on any atom is -0.495 e. The highest BCUT2D eigenvalue weighted by Gasteiger charge is 2.36. The first-order chi connectivity index (χ1) is 14.4. The molecule has 2 heterocycles. The van der Waals surface area contributed by atoms with E-state index in [4.69, 9.17) is 16.3 Å². The van der Waals surface area contributed by atoms with Crippen molar-refractivity contribution in [2.45, 2.75) is 19.8 Å². The molecule has 2 aliphatic rings. The molecule has 0 radical (unpaired) electrons. The fourth-order valence-corrected chi connectivity index (χ4v) is 4.20. The maximum atomic E-state index is 12.8. The van der Waals surface area contributed by atoms with Gasteiger partial charge in [-0.1, -0.05) is 11.6 Å². The van der Waals surface area contributed by atoms with Crippen molar-refractivity contribution in [2.24, 2.45) is 5.92 Å². The van der Waals surface area contributed by atoms with E-state index in [1.807, 2.05) is 18.2 Å². The van der Waals surface area contributed by atoms with E-state index in [0.717, 1.165) is 23.4 Å². The topological polar surface area (TPSA) is 79.0 Å². The molecule has 2 aromatic rings. The Balaban J connectivity index is 1.49. The van der Waals surface area contributed by atoms with Crippen LogP contribution < -0.4 is 19.9 Å². The summed E-state index contributed by atoms with van der Waals surface area (Å²) in [5, 5.41) is 3.30. The van der Waals surface area contributed by atoms with Crippen molar-refractivity contribution >= 4 is 46.4 Å². The summed E-state index contributed by atoms with van der Waals surface area (Å²) >= 11 is 6.03. The molecular weight excluding hydrogens is 406 g/mol. The normalized spacial score (nSPS) is 17.8. The first kappa shape index (κ1) is 20.2. The number of amides is 3. The van der Waals surface area contributed by atoms with Crippen LogP contribution in [0.15, 0.2) is 36.4 Å². The molecule has 0 spiro atoms. The van der Waals surface area contributed by atoms with Crippen molar-refractivity contribution < 1.29 is 19.1 Å². The molecule has 1 fully saturated rings. The number of ether oxygens (including phenoxy) is 1. The van der Waals surface area contributed by atoms with Gasteiger partial charge in [0.25, 0.3) is 0 Å². The summed E-state index contributed by atoms with van der Waals surface area (Å²) in [7, 11) is 1.51. The van der Waals surface area contributed by atoms with Crippen LogP contribution >= 0.6 is 11.6 Å². The minimum absolute atomic E-state index is 0.00641.